The second-order valence-electron chi connectivity index (χ2n) is 16.0. The largest absolute Gasteiger partial charge is 0.368 e. The van der Waals surface area contributed by atoms with Crippen LogP contribution in [0.1, 0.15) is 69.4 Å². The Kier molecular flexibility index (Phi) is 9.25. The minimum atomic E-state index is -0.985. The van der Waals surface area contributed by atoms with E-state index in [9.17, 15) is 24.0 Å². The first-order chi connectivity index (χ1) is 27.0. The first-order valence-corrected chi connectivity index (χ1v) is 20.5. The average Bonchev–Trinajstić information content (AvgIpc) is 3.86. The number of piperidine rings is 2. The Bertz CT molecular complexity index is 2180. The lowest BCUT2D eigenvalue weighted by atomic mass is 9.77. The minimum absolute atomic E-state index is 0.0315. The van der Waals surface area contributed by atoms with Gasteiger partial charge < -0.3 is 19.6 Å². The number of aromatic nitrogens is 1. The molecule has 1 unspecified atom stereocenters. The molecular formula is C40H42ClN9O5S. The van der Waals surface area contributed by atoms with Crippen LogP contribution in [0.5, 0.6) is 0 Å². The van der Waals surface area contributed by atoms with Gasteiger partial charge >= 0.3 is 0 Å². The van der Waals surface area contributed by atoms with Crippen LogP contribution in [0.2, 0.25) is 5.02 Å². The number of piperazine rings is 1. The van der Waals surface area contributed by atoms with Gasteiger partial charge in [0.2, 0.25) is 17.5 Å². The van der Waals surface area contributed by atoms with Crippen LogP contribution >= 0.6 is 22.9 Å². The van der Waals surface area contributed by atoms with Crippen LogP contribution < -0.4 is 20.0 Å². The molecule has 5 fully saturated rings. The molecular weight excluding hydrogens is 754 g/mol. The number of amides is 5. The van der Waals surface area contributed by atoms with E-state index in [1.54, 1.807) is 18.3 Å². The fourth-order valence-electron chi connectivity index (χ4n) is 9.47. The van der Waals surface area contributed by atoms with Gasteiger partial charge in [0.25, 0.3) is 17.7 Å². The van der Waals surface area contributed by atoms with Gasteiger partial charge in [0.1, 0.15) is 10.9 Å². The van der Waals surface area contributed by atoms with E-state index in [1.807, 2.05) is 29.2 Å². The van der Waals surface area contributed by atoms with E-state index in [0.29, 0.717) is 40.8 Å². The summed E-state index contributed by atoms with van der Waals surface area (Å²) in [4.78, 5) is 85.1. The zero-order valence-electron chi connectivity index (χ0n) is 31.1. The number of fused-ring (bicyclic) bond motifs is 1. The summed E-state index contributed by atoms with van der Waals surface area (Å²) in [7, 11) is 0. The summed E-state index contributed by atoms with van der Waals surface area (Å²) in [6, 6.07) is 10.7. The molecule has 2 aromatic carbocycles. The molecule has 0 saturated carbocycles. The lowest BCUT2D eigenvalue weighted by molar-refractivity contribution is -0.136. The van der Waals surface area contributed by atoms with Crippen LogP contribution in [0.15, 0.2) is 42.6 Å². The second-order valence-corrected chi connectivity index (χ2v) is 17.4. The van der Waals surface area contributed by atoms with Crippen molar-refractivity contribution in [3.05, 3.63) is 75.0 Å². The van der Waals surface area contributed by atoms with Crippen LogP contribution in [-0.2, 0) is 9.59 Å². The van der Waals surface area contributed by atoms with Crippen LogP contribution in [0.25, 0.3) is 4.85 Å². The highest BCUT2D eigenvalue weighted by Gasteiger charge is 2.46. The quantitative estimate of drug-likeness (QED) is 0.285. The van der Waals surface area contributed by atoms with Crippen LogP contribution in [0, 0.1) is 12.0 Å². The lowest BCUT2D eigenvalue weighted by Gasteiger charge is -2.49. The Morgan fingerprint density at radius 3 is 2.39 bits per heavy atom. The van der Waals surface area contributed by atoms with Crippen molar-refractivity contribution >= 4 is 74.7 Å². The predicted octanol–water partition coefficient (Wildman–Crippen LogP) is 4.28. The number of thiazole rings is 1. The maximum absolute atomic E-state index is 13.6. The number of hydrogen-bond donors (Lipinski definition) is 1. The Labute approximate surface area is 333 Å². The van der Waals surface area contributed by atoms with E-state index in [4.69, 9.17) is 23.2 Å². The molecule has 7 heterocycles. The smallest absolute Gasteiger partial charge is 0.265 e. The molecule has 9 rings (SSSR count). The molecule has 3 aromatic rings. The highest BCUT2D eigenvalue weighted by molar-refractivity contribution is 7.17. The summed E-state index contributed by atoms with van der Waals surface area (Å²) in [5.41, 5.74) is 3.18. The summed E-state index contributed by atoms with van der Waals surface area (Å²) < 4.78 is 0. The lowest BCUT2D eigenvalue weighted by Crippen LogP contribution is -2.63. The van der Waals surface area contributed by atoms with Gasteiger partial charge in [0.05, 0.1) is 23.9 Å². The van der Waals surface area contributed by atoms with E-state index < -0.39 is 29.7 Å². The van der Waals surface area contributed by atoms with Crippen molar-refractivity contribution in [3.63, 3.8) is 0 Å². The van der Waals surface area contributed by atoms with Gasteiger partial charge in [0.15, 0.2) is 5.13 Å². The molecule has 290 valence electrons. The number of benzene rings is 2. The molecule has 1 N–H and O–H groups in total. The zero-order chi connectivity index (χ0) is 38.9. The number of nitrogens with zero attached hydrogens (tertiary/aromatic N) is 8. The number of carbonyl (C=O) groups excluding carboxylic acids is 5. The fraction of sp³-hybridized carbons (Fsp3) is 0.475. The third kappa shape index (κ3) is 6.37. The summed E-state index contributed by atoms with van der Waals surface area (Å²) in [5.74, 6) is -2.00. The number of imide groups is 2. The maximum atomic E-state index is 13.6. The molecule has 2 atom stereocenters. The monoisotopic (exact) mass is 795 g/mol. The van der Waals surface area contributed by atoms with Crippen molar-refractivity contribution in [2.45, 2.75) is 57.2 Å². The van der Waals surface area contributed by atoms with Crippen LogP contribution in [0.3, 0.4) is 0 Å². The summed E-state index contributed by atoms with van der Waals surface area (Å²) in [6.45, 7) is 16.7. The summed E-state index contributed by atoms with van der Waals surface area (Å²) >= 11 is 7.86. The molecule has 16 heteroatoms. The second kappa shape index (κ2) is 14.2. The third-order valence-corrected chi connectivity index (χ3v) is 14.1. The van der Waals surface area contributed by atoms with E-state index >= 15 is 0 Å². The third-order valence-electron chi connectivity index (χ3n) is 12.7. The van der Waals surface area contributed by atoms with Gasteiger partial charge in [0, 0.05) is 93.8 Å². The van der Waals surface area contributed by atoms with E-state index in [-0.39, 0.29) is 35.3 Å². The van der Waals surface area contributed by atoms with Gasteiger partial charge in [-0.1, -0.05) is 29.0 Å². The van der Waals surface area contributed by atoms with Gasteiger partial charge in [-0.05, 0) is 68.4 Å². The molecule has 0 radical (unpaired) electrons. The molecule has 14 nitrogen and oxygen atoms in total. The molecule has 5 amide bonds. The number of halogens is 1. The highest BCUT2D eigenvalue weighted by Crippen LogP contribution is 2.46. The van der Waals surface area contributed by atoms with Crippen LogP contribution in [0.4, 0.5) is 22.2 Å². The van der Waals surface area contributed by atoms with E-state index in [2.05, 4.69) is 36.7 Å². The predicted molar refractivity (Wildman–Crippen MR) is 212 cm³/mol. The van der Waals surface area contributed by atoms with Crippen molar-refractivity contribution < 1.29 is 24.0 Å². The Morgan fingerprint density at radius 1 is 0.946 bits per heavy atom. The Hall–Kier alpha value is -5.04. The van der Waals surface area contributed by atoms with Gasteiger partial charge in [-0.25, -0.2) is 9.83 Å². The van der Waals surface area contributed by atoms with Crippen molar-refractivity contribution in [2.24, 2.45) is 5.41 Å². The Balaban J connectivity index is 0.747. The zero-order valence-corrected chi connectivity index (χ0v) is 32.7. The number of carbonyl (C=O) groups is 5. The molecule has 0 bridgehead atoms. The number of hydrogen-bond acceptors (Lipinski definition) is 11. The molecule has 1 aromatic heterocycles. The average molecular weight is 796 g/mol. The SMILES string of the molecule is [C-]#[N+]c1ccc(N2CC3(CCN(c4ncc(C(=O)N5CCN(C6CN(c7ccc8c(c7)C(=O)N(C7CCC(=O)NC7=O)C8=O)C6)CC5)s4)CC3)C[C@@H]2C)cc1Cl. The Morgan fingerprint density at radius 2 is 1.68 bits per heavy atom. The molecule has 6 aliphatic heterocycles. The number of rotatable bonds is 6. The highest BCUT2D eigenvalue weighted by atomic mass is 35.5. The number of anilines is 3. The molecule has 56 heavy (non-hydrogen) atoms. The molecule has 6 aliphatic rings. The maximum Gasteiger partial charge on any atom is 0.265 e. The van der Waals surface area contributed by atoms with Crippen LogP contribution in [-0.4, -0.2) is 126 Å². The van der Waals surface area contributed by atoms with Crippen molar-refractivity contribution in [2.75, 3.05) is 73.6 Å². The van der Waals surface area contributed by atoms with Gasteiger partial charge in [-0.15, -0.1) is 0 Å². The van der Waals surface area contributed by atoms with Crippen molar-refractivity contribution in [1.82, 2.24) is 25.0 Å². The fourth-order valence-corrected chi connectivity index (χ4v) is 10.6. The van der Waals surface area contributed by atoms with Crippen molar-refractivity contribution in [3.8, 4) is 0 Å². The van der Waals surface area contributed by atoms with Crippen molar-refractivity contribution in [1.29, 1.82) is 0 Å². The molecule has 5 saturated heterocycles. The topological polar surface area (TPSA) is 134 Å². The van der Waals surface area contributed by atoms with Gasteiger partial charge in [-0.2, -0.15) is 0 Å². The normalized spacial score (nSPS) is 24.1. The number of nitrogens with one attached hydrogen (secondary N) is 1. The molecule has 1 spiro atoms. The van der Waals surface area contributed by atoms with E-state index in [1.165, 1.54) is 11.3 Å². The molecule has 0 aliphatic carbocycles. The first kappa shape index (κ1) is 36.6. The summed E-state index contributed by atoms with van der Waals surface area (Å²) in [6.07, 6.45) is 5.16. The first-order valence-electron chi connectivity index (χ1n) is 19.3. The standard InChI is InChI=1S/C40H42ClN9O5S/c1-24-19-40(23-49(24)26-4-6-31(42-2)30(41)18-26)9-11-47(12-10-40)39-43-20-33(56-39)38(55)46-15-13-45(14-16-46)27-21-48(22-27)25-3-5-28-29(17-25)37(54)50(36(28)53)32-7-8-34(51)44-35(32)52/h3-6,17-18,20,24,27,32H,7-16,19,21-23H2,1H3,(H,44,51,52)/t24-,32?/m0/s1. The summed E-state index contributed by atoms with van der Waals surface area (Å²) in [5, 5.41) is 3.64. The van der Waals surface area contributed by atoms with Gasteiger partial charge in [-0.3, -0.25) is 39.1 Å². The van der Waals surface area contributed by atoms with E-state index in [0.717, 1.165) is 86.5 Å². The minimum Gasteiger partial charge on any atom is -0.368 e.